The summed E-state index contributed by atoms with van der Waals surface area (Å²) in [4.78, 5) is 0. The van der Waals surface area contributed by atoms with Gasteiger partial charge in [0.15, 0.2) is 8.83 Å². The van der Waals surface area contributed by atoms with Gasteiger partial charge in [-0.25, -0.2) is 0 Å². The Balaban J connectivity index is 3.04. The number of halogens is 1. The van der Waals surface area contributed by atoms with E-state index in [-0.39, 0.29) is 0 Å². The van der Waals surface area contributed by atoms with Gasteiger partial charge in [0.05, 0.1) is 0 Å². The van der Waals surface area contributed by atoms with Crippen molar-refractivity contribution in [1.29, 1.82) is 0 Å². The first-order valence-electron chi connectivity index (χ1n) is 4.03. The summed E-state index contributed by atoms with van der Waals surface area (Å²) < 4.78 is 0. The summed E-state index contributed by atoms with van der Waals surface area (Å²) in [5, 5.41) is 1.54. The number of rotatable bonds is 1. The van der Waals surface area contributed by atoms with E-state index in [1.165, 1.54) is 16.7 Å². The van der Waals surface area contributed by atoms with Crippen LogP contribution in [0.4, 0.5) is 0 Å². The topological polar surface area (TPSA) is 0 Å². The van der Waals surface area contributed by atoms with Gasteiger partial charge in [-0.15, -0.1) is 0 Å². The third-order valence-electron chi connectivity index (χ3n) is 2.95. The monoisotopic (exact) mass is 186 g/mol. The molecule has 0 aromatic rings. The Labute approximate surface area is 75.9 Å². The lowest BCUT2D eigenvalue weighted by atomic mass is 10.1. The first-order valence-corrected chi connectivity index (χ1v) is 6.87. The van der Waals surface area contributed by atoms with Crippen LogP contribution < -0.4 is 0 Å². The zero-order valence-electron chi connectivity index (χ0n) is 7.66. The molecule has 0 N–H and O–H groups in total. The second-order valence-corrected chi connectivity index (χ2v) is 5.14. The highest BCUT2D eigenvalue weighted by Crippen LogP contribution is 2.35. The molecular weight excluding hydrogens is 172 g/mol. The Kier molecular flexibility index (Phi) is 2.60. The Morgan fingerprint density at radius 3 is 1.91 bits per heavy atom. The third-order valence-corrected chi connectivity index (χ3v) is 5.25. The lowest BCUT2D eigenvalue weighted by Gasteiger charge is -2.07. The van der Waals surface area contributed by atoms with Crippen molar-refractivity contribution in [3.05, 3.63) is 21.9 Å². The fraction of sp³-hybridized carbons (Fsp3) is 0.556. The van der Waals surface area contributed by atoms with E-state index in [4.69, 9.17) is 11.1 Å². The van der Waals surface area contributed by atoms with E-state index in [0.717, 1.165) is 0 Å². The van der Waals surface area contributed by atoms with Gasteiger partial charge in [0.25, 0.3) is 0 Å². The van der Waals surface area contributed by atoms with Crippen molar-refractivity contribution >= 4 is 19.9 Å². The van der Waals surface area contributed by atoms with Crippen LogP contribution in [0.1, 0.15) is 27.7 Å². The minimum Gasteiger partial charge on any atom is -0.170 e. The molecule has 0 fully saturated rings. The van der Waals surface area contributed by atoms with Gasteiger partial charge in [-0.3, -0.25) is 0 Å². The van der Waals surface area contributed by atoms with E-state index < -0.39 is 8.83 Å². The van der Waals surface area contributed by atoms with Crippen LogP contribution in [-0.2, 0) is 0 Å². The predicted octanol–water partition coefficient (Wildman–Crippen LogP) is 2.57. The molecule has 0 bridgehead atoms. The zero-order chi connectivity index (χ0) is 8.59. The van der Waals surface area contributed by atoms with Crippen LogP contribution in [0.25, 0.3) is 0 Å². The first-order chi connectivity index (χ1) is 5.09. The largest absolute Gasteiger partial charge is 0.170 e. The van der Waals surface area contributed by atoms with Gasteiger partial charge < -0.3 is 0 Å². The second kappa shape index (κ2) is 3.16. The molecule has 0 radical (unpaired) electrons. The van der Waals surface area contributed by atoms with Crippen LogP contribution in [0.5, 0.6) is 0 Å². The van der Waals surface area contributed by atoms with Crippen molar-refractivity contribution in [1.82, 2.24) is 0 Å². The molecule has 1 aliphatic carbocycles. The van der Waals surface area contributed by atoms with Gasteiger partial charge >= 0.3 is 0 Å². The van der Waals surface area contributed by atoms with Gasteiger partial charge in [0, 0.05) is 0 Å². The zero-order valence-corrected chi connectivity index (χ0v) is 9.83. The van der Waals surface area contributed by atoms with E-state index in [1.807, 2.05) is 0 Å². The lowest BCUT2D eigenvalue weighted by molar-refractivity contribution is 0.857. The minimum atomic E-state index is -0.458. The normalized spacial score (nSPS) is 26.5. The van der Waals surface area contributed by atoms with Gasteiger partial charge in [0.1, 0.15) is 0 Å². The number of allylic oxidation sites excluding steroid dienone is 4. The summed E-state index contributed by atoms with van der Waals surface area (Å²) in [5.74, 6) is 0.638. The molecule has 2 heteroatoms. The molecule has 1 atom stereocenters. The van der Waals surface area contributed by atoms with Crippen LogP contribution in [0.15, 0.2) is 21.9 Å². The molecule has 0 nitrogen and oxygen atoms in total. The Hall–Kier alpha value is -0.0131. The average molecular weight is 187 g/mol. The Bertz CT molecular complexity index is 238. The Morgan fingerprint density at radius 2 is 1.73 bits per heavy atom. The fourth-order valence-electron chi connectivity index (χ4n) is 1.66. The van der Waals surface area contributed by atoms with Crippen LogP contribution in [0.3, 0.4) is 0 Å². The van der Waals surface area contributed by atoms with Crippen molar-refractivity contribution in [2.45, 2.75) is 27.7 Å². The van der Waals surface area contributed by atoms with Crippen molar-refractivity contribution < 1.29 is 0 Å². The predicted molar refractivity (Wildman–Crippen MR) is 54.6 cm³/mol. The Morgan fingerprint density at radius 1 is 1.18 bits per heavy atom. The van der Waals surface area contributed by atoms with Crippen LogP contribution in [0, 0.1) is 5.92 Å². The fourth-order valence-corrected chi connectivity index (χ4v) is 3.96. The van der Waals surface area contributed by atoms with Crippen LogP contribution in [0.2, 0.25) is 0 Å². The van der Waals surface area contributed by atoms with E-state index in [1.54, 1.807) is 5.20 Å². The molecular formula is C9H15ClSi. The minimum absolute atomic E-state index is 0.458. The van der Waals surface area contributed by atoms with Crippen molar-refractivity contribution in [3.63, 3.8) is 0 Å². The van der Waals surface area contributed by atoms with Gasteiger partial charge in [0.2, 0.25) is 0 Å². The van der Waals surface area contributed by atoms with Gasteiger partial charge in [-0.05, 0) is 32.3 Å². The SMILES string of the molecule is CC1=C(C)C(C)C([SiH2]Cl)=C1C. The van der Waals surface area contributed by atoms with Crippen LogP contribution in [-0.4, -0.2) is 8.83 Å². The van der Waals surface area contributed by atoms with E-state index in [2.05, 4.69) is 27.7 Å². The van der Waals surface area contributed by atoms with Crippen molar-refractivity contribution in [2.75, 3.05) is 0 Å². The highest BCUT2D eigenvalue weighted by Gasteiger charge is 2.22. The molecule has 0 aromatic carbocycles. The molecule has 0 saturated heterocycles. The molecule has 62 valence electrons. The first kappa shape index (κ1) is 9.08. The highest BCUT2D eigenvalue weighted by atomic mass is 35.6. The summed E-state index contributed by atoms with van der Waals surface area (Å²) in [5.41, 5.74) is 4.46. The molecule has 0 spiro atoms. The molecule has 1 rings (SSSR count). The van der Waals surface area contributed by atoms with E-state index in [9.17, 15) is 0 Å². The summed E-state index contributed by atoms with van der Waals surface area (Å²) >= 11 is 5.98. The molecule has 1 aliphatic rings. The quantitative estimate of drug-likeness (QED) is 0.436. The smallest absolute Gasteiger partial charge is 0.152 e. The molecule has 0 amide bonds. The maximum Gasteiger partial charge on any atom is 0.152 e. The average Bonchev–Trinajstić information content (AvgIpc) is 2.17. The van der Waals surface area contributed by atoms with Gasteiger partial charge in [-0.1, -0.05) is 23.3 Å². The summed E-state index contributed by atoms with van der Waals surface area (Å²) in [7, 11) is -0.458. The lowest BCUT2D eigenvalue weighted by Crippen LogP contribution is -2.00. The maximum absolute atomic E-state index is 5.98. The van der Waals surface area contributed by atoms with Crippen LogP contribution >= 0.6 is 11.1 Å². The third kappa shape index (κ3) is 1.32. The summed E-state index contributed by atoms with van der Waals surface area (Å²) in [6, 6.07) is 0. The van der Waals surface area contributed by atoms with Crippen molar-refractivity contribution in [2.24, 2.45) is 5.92 Å². The van der Waals surface area contributed by atoms with Crippen molar-refractivity contribution in [3.8, 4) is 0 Å². The summed E-state index contributed by atoms with van der Waals surface area (Å²) in [6.45, 7) is 8.89. The number of hydrogen-bond donors (Lipinski definition) is 0. The highest BCUT2D eigenvalue weighted by molar-refractivity contribution is 6.98. The molecule has 0 aromatic heterocycles. The summed E-state index contributed by atoms with van der Waals surface area (Å²) in [6.07, 6.45) is 0. The molecule has 0 aliphatic heterocycles. The molecule has 0 saturated carbocycles. The molecule has 11 heavy (non-hydrogen) atoms. The molecule has 0 heterocycles. The molecule has 1 unspecified atom stereocenters. The maximum atomic E-state index is 5.98. The van der Waals surface area contributed by atoms with Gasteiger partial charge in [-0.2, -0.15) is 11.1 Å². The standard InChI is InChI=1S/C9H15ClSi/c1-5-6(2)8(4)9(11-10)7(5)3/h7H,11H2,1-4H3. The van der Waals surface area contributed by atoms with E-state index in [0.29, 0.717) is 5.92 Å². The number of hydrogen-bond acceptors (Lipinski definition) is 0. The van der Waals surface area contributed by atoms with E-state index >= 15 is 0 Å². The second-order valence-electron chi connectivity index (χ2n) is 3.31.